The number of anilines is 1. The predicted molar refractivity (Wildman–Crippen MR) is 166 cm³/mol. The van der Waals surface area contributed by atoms with Gasteiger partial charge in [-0.05, 0) is 41.4 Å². The Bertz CT molecular complexity index is 1600. The average molecular weight is 569 g/mol. The highest BCUT2D eigenvalue weighted by Gasteiger charge is 2.41. The van der Waals surface area contributed by atoms with E-state index >= 15 is 0 Å². The third kappa shape index (κ3) is 4.94. The maximum atomic E-state index is 14.1. The number of methoxy groups -OCH3 is 2. The first-order chi connectivity index (χ1) is 19.5. The summed E-state index contributed by atoms with van der Waals surface area (Å²) in [5.41, 5.74) is 1.89. The van der Waals surface area contributed by atoms with Gasteiger partial charge in [0.1, 0.15) is 0 Å². The third-order valence-electron chi connectivity index (χ3n) is 6.78. The summed E-state index contributed by atoms with van der Waals surface area (Å²) in [5, 5.41) is 6.80. The zero-order valence-corrected chi connectivity index (χ0v) is 24.1. The van der Waals surface area contributed by atoms with E-state index in [2.05, 4.69) is 5.32 Å². The Hall–Kier alpha value is -4.19. The summed E-state index contributed by atoms with van der Waals surface area (Å²) in [7, 11) is 2.66. The van der Waals surface area contributed by atoms with Gasteiger partial charge in [0.15, 0.2) is 11.2 Å². The monoisotopic (exact) mass is 568 g/mol. The molecule has 0 radical (unpaired) electrons. The van der Waals surface area contributed by atoms with Gasteiger partial charge in [-0.1, -0.05) is 114 Å². The number of hydrogen-bond acceptors (Lipinski definition) is 7. The van der Waals surface area contributed by atoms with Gasteiger partial charge in [0.2, 0.25) is 0 Å². The summed E-state index contributed by atoms with van der Waals surface area (Å²) < 4.78 is 11.8. The summed E-state index contributed by atoms with van der Waals surface area (Å²) in [6.45, 7) is -0.966. The molecule has 0 aliphatic carbocycles. The predicted octanol–water partition coefficient (Wildman–Crippen LogP) is 4.90. The lowest BCUT2D eigenvalue weighted by molar-refractivity contribution is -0.141. The number of carbonyl (C=O) groups is 2. The maximum absolute atomic E-state index is 14.1. The van der Waals surface area contributed by atoms with E-state index in [0.717, 1.165) is 31.7 Å². The molecule has 6 nitrogen and oxygen atoms in total. The number of aromatic nitrogens is 1. The van der Waals surface area contributed by atoms with E-state index < -0.39 is 24.9 Å². The fourth-order valence-electron chi connectivity index (χ4n) is 5.00. The van der Waals surface area contributed by atoms with E-state index in [9.17, 15) is 9.59 Å². The number of esters is 2. The van der Waals surface area contributed by atoms with Crippen LogP contribution in [0.2, 0.25) is 0 Å². The number of nitrogens with one attached hydrogen (secondary N) is 1. The third-order valence-corrected chi connectivity index (χ3v) is 12.3. The number of rotatable bonds is 8. The molecule has 40 heavy (non-hydrogen) atoms. The van der Waals surface area contributed by atoms with Crippen LogP contribution >= 0.6 is 18.2 Å². The van der Waals surface area contributed by atoms with Crippen LogP contribution in [0.15, 0.2) is 109 Å². The average Bonchev–Trinajstić information content (AvgIpc) is 3.43. The van der Waals surface area contributed by atoms with Crippen LogP contribution in [0.4, 0.5) is 5.13 Å². The molecule has 0 saturated heterocycles. The van der Waals surface area contributed by atoms with Crippen molar-refractivity contribution in [2.45, 2.75) is 13.0 Å². The van der Waals surface area contributed by atoms with Crippen molar-refractivity contribution in [1.29, 1.82) is 0 Å². The summed E-state index contributed by atoms with van der Waals surface area (Å²) in [6.07, 6.45) is 0. The Labute approximate surface area is 237 Å². The van der Waals surface area contributed by atoms with Crippen LogP contribution in [-0.2, 0) is 19.1 Å². The molecule has 0 aliphatic heterocycles. The van der Waals surface area contributed by atoms with E-state index in [1.807, 2.05) is 116 Å². The van der Waals surface area contributed by atoms with E-state index in [0.29, 0.717) is 5.13 Å². The minimum atomic E-state index is -2.98. The van der Waals surface area contributed by atoms with Crippen molar-refractivity contribution in [3.63, 3.8) is 0 Å². The van der Waals surface area contributed by atoms with Crippen molar-refractivity contribution in [2.75, 3.05) is 19.5 Å². The van der Waals surface area contributed by atoms with Crippen molar-refractivity contribution in [1.82, 2.24) is 4.98 Å². The summed E-state index contributed by atoms with van der Waals surface area (Å²) in [6, 6.07) is 34.2. The topological polar surface area (TPSA) is 77.5 Å². The van der Waals surface area contributed by atoms with Crippen molar-refractivity contribution in [3.05, 3.63) is 115 Å². The Morgan fingerprint density at radius 3 is 1.73 bits per heavy atom. The SMILES string of the molecule is COC(=O)C(C(Nc1nc2cccc(C)c2s1)C(=O)OC)=P(c1ccccc1)(c1ccccc1)c1ccccc1. The molecule has 0 bridgehead atoms. The van der Waals surface area contributed by atoms with Crippen LogP contribution < -0.4 is 21.2 Å². The van der Waals surface area contributed by atoms with Crippen molar-refractivity contribution in [2.24, 2.45) is 0 Å². The number of ether oxygens (including phenoxy) is 2. The van der Waals surface area contributed by atoms with Gasteiger partial charge < -0.3 is 14.8 Å². The summed E-state index contributed by atoms with van der Waals surface area (Å²) >= 11 is 1.43. The molecule has 202 valence electrons. The molecular weight excluding hydrogens is 539 g/mol. The van der Waals surface area contributed by atoms with Crippen molar-refractivity contribution < 1.29 is 19.1 Å². The highest BCUT2D eigenvalue weighted by Crippen LogP contribution is 2.47. The number of nitrogens with zero attached hydrogens (tertiary/aromatic N) is 1. The van der Waals surface area contributed by atoms with Crippen molar-refractivity contribution in [3.8, 4) is 0 Å². The van der Waals surface area contributed by atoms with Crippen LogP contribution in [-0.4, -0.2) is 42.5 Å². The minimum Gasteiger partial charge on any atom is -0.467 e. The van der Waals surface area contributed by atoms with Gasteiger partial charge in [0.25, 0.3) is 0 Å². The molecular formula is C32H29N2O4PS. The van der Waals surface area contributed by atoms with Crippen LogP contribution in [0.25, 0.3) is 10.2 Å². The number of carbonyl (C=O) groups excluding carboxylic acids is 2. The van der Waals surface area contributed by atoms with Crippen LogP contribution in [0.1, 0.15) is 5.56 Å². The first-order valence-electron chi connectivity index (χ1n) is 12.7. The van der Waals surface area contributed by atoms with Crippen LogP contribution in [0.5, 0.6) is 0 Å². The molecule has 1 atom stereocenters. The smallest absolute Gasteiger partial charge is 0.337 e. The second-order valence-electron chi connectivity index (χ2n) is 9.10. The number of aryl methyl sites for hydroxylation is 1. The fourth-order valence-corrected chi connectivity index (χ4v) is 10.5. The molecule has 1 unspecified atom stereocenters. The zero-order valence-electron chi connectivity index (χ0n) is 22.4. The molecule has 5 aromatic rings. The second kappa shape index (κ2) is 11.9. The Balaban J connectivity index is 1.92. The summed E-state index contributed by atoms with van der Waals surface area (Å²) in [4.78, 5) is 32.5. The Morgan fingerprint density at radius 1 is 0.750 bits per heavy atom. The zero-order chi connectivity index (χ0) is 28.1. The quantitative estimate of drug-likeness (QED) is 0.212. The number of benzene rings is 4. The highest BCUT2D eigenvalue weighted by molar-refractivity contribution is 7.96. The van der Waals surface area contributed by atoms with Crippen molar-refractivity contribution >= 4 is 66.7 Å². The molecule has 1 heterocycles. The number of hydrogen-bond donors (Lipinski definition) is 1. The molecule has 0 spiro atoms. The number of fused-ring (bicyclic) bond motifs is 1. The molecule has 0 fully saturated rings. The lowest BCUT2D eigenvalue weighted by atomic mass is 10.2. The maximum Gasteiger partial charge on any atom is 0.337 e. The van der Waals surface area contributed by atoms with Crippen LogP contribution in [0.3, 0.4) is 0 Å². The molecule has 1 aromatic heterocycles. The van der Waals surface area contributed by atoms with Gasteiger partial charge in [0.05, 0.1) is 29.7 Å². The fraction of sp³-hybridized carbons (Fsp3) is 0.125. The molecule has 4 aromatic carbocycles. The van der Waals surface area contributed by atoms with E-state index in [1.165, 1.54) is 25.6 Å². The Kier molecular flexibility index (Phi) is 8.15. The largest absolute Gasteiger partial charge is 0.467 e. The highest BCUT2D eigenvalue weighted by atomic mass is 32.1. The number of thiazole rings is 1. The summed E-state index contributed by atoms with van der Waals surface area (Å²) in [5.74, 6) is -1.20. The first-order valence-corrected chi connectivity index (χ1v) is 15.3. The van der Waals surface area contributed by atoms with Gasteiger partial charge in [-0.25, -0.2) is 14.6 Å². The minimum absolute atomic E-state index is 0.279. The van der Waals surface area contributed by atoms with Gasteiger partial charge in [0, 0.05) is 0 Å². The van der Waals surface area contributed by atoms with E-state index in [4.69, 9.17) is 14.5 Å². The van der Waals surface area contributed by atoms with Gasteiger partial charge in [-0.15, -0.1) is 0 Å². The molecule has 5 rings (SSSR count). The van der Waals surface area contributed by atoms with E-state index in [-0.39, 0.29) is 5.29 Å². The first kappa shape index (κ1) is 27.4. The van der Waals surface area contributed by atoms with Gasteiger partial charge >= 0.3 is 11.9 Å². The Morgan fingerprint density at radius 2 is 1.27 bits per heavy atom. The molecule has 0 aliphatic rings. The second-order valence-corrected chi connectivity index (χ2v) is 13.5. The molecule has 1 N–H and O–H groups in total. The normalized spacial score (nSPS) is 12.0. The lowest BCUT2D eigenvalue weighted by Crippen LogP contribution is -2.47. The van der Waals surface area contributed by atoms with Crippen LogP contribution in [0, 0.1) is 6.92 Å². The standard InChI is InChI=1S/C32H29N2O4PS/c1-22-14-13-21-26-29(22)40-32(33-26)34-27(30(35)37-2)28(31(36)38-3)39(23-15-7-4-8-16-23,24-17-9-5-10-18-24)25-19-11-6-12-20-25/h4-21,27H,1-3H3,(H,33,34). The van der Waals surface area contributed by atoms with E-state index in [1.54, 1.807) is 0 Å². The van der Waals surface area contributed by atoms with Gasteiger partial charge in [-0.2, -0.15) is 0 Å². The van der Waals surface area contributed by atoms with Gasteiger partial charge in [-0.3, -0.25) is 0 Å². The molecule has 8 heteroatoms. The molecule has 0 saturated carbocycles. The lowest BCUT2D eigenvalue weighted by Gasteiger charge is -2.34. The molecule has 0 amide bonds.